The molecular weight excluding hydrogens is 310 g/mol. The Morgan fingerprint density at radius 2 is 1.96 bits per heavy atom. The molecule has 25 heavy (non-hydrogen) atoms. The monoisotopic (exact) mass is 333 g/mol. The van der Waals surface area contributed by atoms with E-state index >= 15 is 0 Å². The molecule has 1 aliphatic rings. The number of carbonyl (C=O) groups is 1. The van der Waals surface area contributed by atoms with Crippen LogP contribution < -0.4 is 5.32 Å². The summed E-state index contributed by atoms with van der Waals surface area (Å²) in [6.07, 6.45) is 4.50. The van der Waals surface area contributed by atoms with E-state index in [9.17, 15) is 4.79 Å². The first kappa shape index (κ1) is 15.9. The van der Waals surface area contributed by atoms with Crippen LogP contribution in [0.2, 0.25) is 0 Å². The van der Waals surface area contributed by atoms with Gasteiger partial charge in [-0.2, -0.15) is 0 Å². The zero-order valence-electron chi connectivity index (χ0n) is 15.0. The fraction of sp³-hybridized carbons (Fsp3) is 0.333. The van der Waals surface area contributed by atoms with Crippen LogP contribution in [0.1, 0.15) is 34.5 Å². The van der Waals surface area contributed by atoms with Crippen molar-refractivity contribution in [3.63, 3.8) is 0 Å². The highest BCUT2D eigenvalue weighted by molar-refractivity contribution is 5.94. The number of imidazole rings is 1. The number of nitrogens with one attached hydrogen (secondary N) is 1. The predicted molar refractivity (Wildman–Crippen MR) is 100.0 cm³/mol. The maximum absolute atomic E-state index is 12.9. The first-order valence-electron chi connectivity index (χ1n) is 8.86. The van der Waals surface area contributed by atoms with Gasteiger partial charge in [-0.1, -0.05) is 23.8 Å². The molecule has 3 aromatic rings. The number of hydrogen-bond acceptors (Lipinski definition) is 2. The number of amides is 1. The van der Waals surface area contributed by atoms with Gasteiger partial charge >= 0.3 is 0 Å². The minimum atomic E-state index is -0.00675. The third kappa shape index (κ3) is 2.82. The van der Waals surface area contributed by atoms with Gasteiger partial charge in [-0.25, -0.2) is 4.98 Å². The molecule has 128 valence electrons. The Morgan fingerprint density at radius 1 is 1.20 bits per heavy atom. The predicted octanol–water partition coefficient (Wildman–Crippen LogP) is 4.00. The molecule has 4 nitrogen and oxygen atoms in total. The Hall–Kier alpha value is -2.62. The molecular formula is C21H23N3O. The number of rotatable bonds is 2. The van der Waals surface area contributed by atoms with Gasteiger partial charge in [0.2, 0.25) is 5.91 Å². The van der Waals surface area contributed by atoms with Crippen molar-refractivity contribution in [2.45, 2.75) is 40.0 Å². The summed E-state index contributed by atoms with van der Waals surface area (Å²) in [4.78, 5) is 17.6. The second-order valence-corrected chi connectivity index (χ2v) is 7.14. The lowest BCUT2D eigenvalue weighted by Crippen LogP contribution is -2.29. The van der Waals surface area contributed by atoms with Crippen LogP contribution in [0.5, 0.6) is 0 Å². The molecule has 2 heterocycles. The number of nitrogens with zero attached hydrogens (tertiary/aromatic N) is 2. The Labute approximate surface area is 147 Å². The Morgan fingerprint density at radius 3 is 2.72 bits per heavy atom. The summed E-state index contributed by atoms with van der Waals surface area (Å²) in [6, 6.07) is 10.3. The average Bonchev–Trinajstić information content (AvgIpc) is 2.95. The third-order valence-corrected chi connectivity index (χ3v) is 5.18. The molecule has 1 aliphatic carbocycles. The van der Waals surface area contributed by atoms with E-state index in [0.29, 0.717) is 0 Å². The molecule has 0 radical (unpaired) electrons. The van der Waals surface area contributed by atoms with Crippen molar-refractivity contribution in [1.82, 2.24) is 9.38 Å². The minimum Gasteiger partial charge on any atom is -0.325 e. The fourth-order valence-corrected chi connectivity index (χ4v) is 3.98. The van der Waals surface area contributed by atoms with E-state index in [1.165, 1.54) is 11.3 Å². The van der Waals surface area contributed by atoms with E-state index in [0.717, 1.165) is 47.4 Å². The van der Waals surface area contributed by atoms with E-state index in [1.807, 2.05) is 24.4 Å². The van der Waals surface area contributed by atoms with Crippen LogP contribution in [-0.2, 0) is 17.6 Å². The van der Waals surface area contributed by atoms with Crippen molar-refractivity contribution in [3.8, 4) is 0 Å². The largest absolute Gasteiger partial charge is 0.325 e. The molecule has 0 spiro atoms. The van der Waals surface area contributed by atoms with Crippen LogP contribution in [0.4, 0.5) is 5.69 Å². The lowest BCUT2D eigenvalue weighted by Gasteiger charge is -2.22. The van der Waals surface area contributed by atoms with Gasteiger partial charge in [0.15, 0.2) is 0 Å². The van der Waals surface area contributed by atoms with Gasteiger partial charge in [0.25, 0.3) is 0 Å². The molecule has 0 bridgehead atoms. The molecule has 1 amide bonds. The number of anilines is 1. The molecule has 0 fully saturated rings. The van der Waals surface area contributed by atoms with E-state index in [-0.39, 0.29) is 11.8 Å². The van der Waals surface area contributed by atoms with Gasteiger partial charge in [0.05, 0.1) is 5.69 Å². The summed E-state index contributed by atoms with van der Waals surface area (Å²) in [6.45, 7) is 6.19. The van der Waals surface area contributed by atoms with Crippen LogP contribution in [0.15, 0.2) is 36.5 Å². The van der Waals surface area contributed by atoms with Gasteiger partial charge < -0.3 is 9.72 Å². The van der Waals surface area contributed by atoms with Gasteiger partial charge in [-0.3, -0.25) is 4.79 Å². The van der Waals surface area contributed by atoms with E-state index in [4.69, 9.17) is 4.98 Å². The summed E-state index contributed by atoms with van der Waals surface area (Å²) in [5, 5.41) is 3.18. The quantitative estimate of drug-likeness (QED) is 0.770. The van der Waals surface area contributed by atoms with Crippen molar-refractivity contribution >= 4 is 17.2 Å². The Balaban J connectivity index is 1.58. The molecule has 0 saturated heterocycles. The van der Waals surface area contributed by atoms with Crippen LogP contribution in [0, 0.1) is 26.7 Å². The Kier molecular flexibility index (Phi) is 3.83. The lowest BCUT2D eigenvalue weighted by molar-refractivity contribution is -0.120. The second kappa shape index (κ2) is 6.03. The summed E-state index contributed by atoms with van der Waals surface area (Å²) in [7, 11) is 0. The second-order valence-electron chi connectivity index (χ2n) is 7.14. The zero-order valence-corrected chi connectivity index (χ0v) is 15.0. The summed E-state index contributed by atoms with van der Waals surface area (Å²) >= 11 is 0. The maximum atomic E-state index is 12.9. The van der Waals surface area contributed by atoms with E-state index in [1.54, 1.807) is 0 Å². The zero-order chi connectivity index (χ0) is 17.6. The van der Waals surface area contributed by atoms with Gasteiger partial charge in [-0.15, -0.1) is 0 Å². The average molecular weight is 333 g/mol. The van der Waals surface area contributed by atoms with Gasteiger partial charge in [-0.05, 0) is 56.9 Å². The Bertz CT molecular complexity index is 947. The number of aryl methyl sites for hydroxylation is 4. The van der Waals surface area contributed by atoms with Gasteiger partial charge in [0.1, 0.15) is 5.65 Å². The first-order valence-corrected chi connectivity index (χ1v) is 8.86. The molecule has 1 aromatic carbocycles. The highest BCUT2D eigenvalue weighted by Crippen LogP contribution is 2.29. The summed E-state index contributed by atoms with van der Waals surface area (Å²) in [5.74, 6) is 0.110. The molecule has 0 saturated carbocycles. The molecule has 1 atom stereocenters. The van der Waals surface area contributed by atoms with Crippen LogP contribution in [0.25, 0.3) is 5.65 Å². The van der Waals surface area contributed by atoms with Crippen LogP contribution >= 0.6 is 0 Å². The minimum absolute atomic E-state index is 0.00675. The molecule has 1 unspecified atom stereocenters. The van der Waals surface area contributed by atoms with E-state index in [2.05, 4.69) is 42.6 Å². The maximum Gasteiger partial charge on any atom is 0.227 e. The molecule has 4 heteroatoms. The van der Waals surface area contributed by atoms with Crippen molar-refractivity contribution in [3.05, 3.63) is 64.6 Å². The standard InChI is InChI=1S/C21H23N3O/c1-13-10-14(2)20(15(3)11-13)23-21(25)16-7-8-17-18(12-16)24-9-5-4-6-19(24)22-17/h4-6,9-11,16H,7-8,12H2,1-3H3,(H,23,25). The van der Waals surface area contributed by atoms with Crippen molar-refractivity contribution in [2.24, 2.45) is 5.92 Å². The first-order chi connectivity index (χ1) is 12.0. The summed E-state index contributed by atoms with van der Waals surface area (Å²) in [5.41, 5.74) is 7.71. The van der Waals surface area contributed by atoms with Crippen molar-refractivity contribution < 1.29 is 4.79 Å². The number of aromatic nitrogens is 2. The number of fused-ring (bicyclic) bond motifs is 3. The van der Waals surface area contributed by atoms with Crippen molar-refractivity contribution in [1.29, 1.82) is 0 Å². The smallest absolute Gasteiger partial charge is 0.227 e. The molecule has 4 rings (SSSR count). The number of hydrogen-bond donors (Lipinski definition) is 1. The molecule has 2 aromatic heterocycles. The highest BCUT2D eigenvalue weighted by atomic mass is 16.1. The van der Waals surface area contributed by atoms with Gasteiger partial charge in [0, 0.05) is 29.9 Å². The summed E-state index contributed by atoms with van der Waals surface area (Å²) < 4.78 is 2.12. The van der Waals surface area contributed by atoms with E-state index < -0.39 is 0 Å². The fourth-order valence-electron chi connectivity index (χ4n) is 3.98. The third-order valence-electron chi connectivity index (χ3n) is 5.18. The normalized spacial score (nSPS) is 16.7. The number of carbonyl (C=O) groups excluding carboxylic acids is 1. The molecule has 1 N–H and O–H groups in total. The number of pyridine rings is 1. The highest BCUT2D eigenvalue weighted by Gasteiger charge is 2.28. The van der Waals surface area contributed by atoms with Crippen molar-refractivity contribution in [2.75, 3.05) is 5.32 Å². The number of benzene rings is 1. The lowest BCUT2D eigenvalue weighted by atomic mass is 9.88. The van der Waals surface area contributed by atoms with Crippen LogP contribution in [0.3, 0.4) is 0 Å². The SMILES string of the molecule is Cc1cc(C)c(NC(=O)C2CCc3nc4ccccn4c3C2)c(C)c1. The topological polar surface area (TPSA) is 46.4 Å². The van der Waals surface area contributed by atoms with Crippen LogP contribution in [-0.4, -0.2) is 15.3 Å². The molecule has 0 aliphatic heterocycles.